The van der Waals surface area contributed by atoms with E-state index in [-0.39, 0.29) is 11.9 Å². The molecule has 0 unspecified atom stereocenters. The van der Waals surface area contributed by atoms with Crippen LogP contribution in [0.4, 0.5) is 0 Å². The molecule has 2 aromatic rings. The van der Waals surface area contributed by atoms with Crippen molar-refractivity contribution in [2.24, 2.45) is 10.9 Å². The van der Waals surface area contributed by atoms with E-state index in [1.165, 1.54) is 5.39 Å². The molecule has 1 aromatic carbocycles. The lowest BCUT2D eigenvalue weighted by atomic mass is 9.98. The first-order valence-electron chi connectivity index (χ1n) is 9.17. The Morgan fingerprint density at radius 2 is 2.23 bits per heavy atom. The van der Waals surface area contributed by atoms with Gasteiger partial charge >= 0.3 is 5.97 Å². The molecule has 1 atom stereocenters. The fourth-order valence-electron chi connectivity index (χ4n) is 3.44. The normalized spacial score (nSPS) is 18.0. The molecule has 6 heteroatoms. The Morgan fingerprint density at radius 3 is 3.04 bits per heavy atom. The van der Waals surface area contributed by atoms with Gasteiger partial charge in [0, 0.05) is 31.7 Å². The fourth-order valence-corrected chi connectivity index (χ4v) is 3.44. The molecule has 1 aliphatic rings. The fraction of sp³-hybridized carbons (Fsp3) is 0.450. The van der Waals surface area contributed by atoms with Crippen LogP contribution in [0.5, 0.6) is 0 Å². The van der Waals surface area contributed by atoms with Crippen molar-refractivity contribution in [3.05, 3.63) is 42.2 Å². The Morgan fingerprint density at radius 1 is 1.38 bits per heavy atom. The number of nitrogens with one attached hydrogen (secondary N) is 1. The van der Waals surface area contributed by atoms with E-state index in [1.807, 2.05) is 31.3 Å². The molecular weight excluding hydrogens is 328 g/mol. The quantitative estimate of drug-likeness (QED) is 0.519. The summed E-state index contributed by atoms with van der Waals surface area (Å²) in [5.41, 5.74) is 0.989. The number of benzene rings is 1. The maximum absolute atomic E-state index is 12.1. The summed E-state index contributed by atoms with van der Waals surface area (Å²) in [5, 5.41) is 5.72. The summed E-state index contributed by atoms with van der Waals surface area (Å²) in [6.07, 6.45) is 3.66. The minimum absolute atomic E-state index is 0.0852. The lowest BCUT2D eigenvalue weighted by Gasteiger charge is -2.33. The number of fused-ring (bicyclic) bond motifs is 1. The second kappa shape index (κ2) is 8.65. The van der Waals surface area contributed by atoms with Gasteiger partial charge in [-0.1, -0.05) is 24.3 Å². The lowest BCUT2D eigenvalue weighted by Crippen LogP contribution is -2.48. The van der Waals surface area contributed by atoms with E-state index in [0.717, 1.165) is 36.4 Å². The van der Waals surface area contributed by atoms with Crippen molar-refractivity contribution in [2.75, 3.05) is 26.7 Å². The summed E-state index contributed by atoms with van der Waals surface area (Å²) in [7, 11) is 1.77. The van der Waals surface area contributed by atoms with Gasteiger partial charge in [-0.15, -0.1) is 0 Å². The van der Waals surface area contributed by atoms with Crippen LogP contribution in [0, 0.1) is 5.92 Å². The molecule has 0 bridgehead atoms. The third-order valence-corrected chi connectivity index (χ3v) is 4.72. The highest BCUT2D eigenvalue weighted by Crippen LogP contribution is 2.19. The van der Waals surface area contributed by atoms with Gasteiger partial charge in [0.2, 0.25) is 0 Å². The average molecular weight is 354 g/mol. The number of ether oxygens (including phenoxy) is 1. The van der Waals surface area contributed by atoms with Gasteiger partial charge in [0.25, 0.3) is 0 Å². The van der Waals surface area contributed by atoms with Crippen LogP contribution in [0.25, 0.3) is 10.8 Å². The molecule has 0 radical (unpaired) electrons. The first-order chi connectivity index (χ1) is 12.7. The molecule has 1 N–H and O–H groups in total. The van der Waals surface area contributed by atoms with Crippen LogP contribution in [-0.2, 0) is 16.1 Å². The summed E-state index contributed by atoms with van der Waals surface area (Å²) in [6.45, 7) is 4.39. The highest BCUT2D eigenvalue weighted by atomic mass is 16.5. The minimum atomic E-state index is -0.108. The number of rotatable bonds is 4. The number of nitrogens with zero attached hydrogens (tertiary/aromatic N) is 3. The molecule has 0 saturated carbocycles. The molecule has 0 aliphatic carbocycles. The van der Waals surface area contributed by atoms with Crippen LogP contribution in [-0.4, -0.2) is 48.6 Å². The van der Waals surface area contributed by atoms with Crippen LogP contribution >= 0.6 is 0 Å². The van der Waals surface area contributed by atoms with E-state index in [1.54, 1.807) is 7.05 Å². The van der Waals surface area contributed by atoms with E-state index in [9.17, 15) is 4.79 Å². The van der Waals surface area contributed by atoms with E-state index in [2.05, 4.69) is 32.3 Å². The van der Waals surface area contributed by atoms with Crippen molar-refractivity contribution in [1.82, 2.24) is 15.2 Å². The number of piperidine rings is 1. The molecule has 1 aliphatic heterocycles. The van der Waals surface area contributed by atoms with Crippen molar-refractivity contribution in [3.8, 4) is 0 Å². The van der Waals surface area contributed by atoms with Crippen LogP contribution in [0.15, 0.2) is 41.5 Å². The first kappa shape index (κ1) is 18.2. The number of hydrogen-bond donors (Lipinski definition) is 1. The number of carbonyl (C=O) groups excluding carboxylic acids is 1. The van der Waals surface area contributed by atoms with E-state index < -0.39 is 0 Å². The highest BCUT2D eigenvalue weighted by molar-refractivity contribution is 5.85. The lowest BCUT2D eigenvalue weighted by molar-refractivity contribution is -0.149. The van der Waals surface area contributed by atoms with Gasteiger partial charge in [0.15, 0.2) is 5.96 Å². The Kier molecular flexibility index (Phi) is 6.04. The third-order valence-electron chi connectivity index (χ3n) is 4.72. The summed E-state index contributed by atoms with van der Waals surface area (Å²) < 4.78 is 5.18. The standard InChI is InChI=1S/C20H26N4O2/c1-3-26-19(25)16-8-6-12-24(14-16)20(21-2)23-13-18-17-9-5-4-7-15(17)10-11-22-18/h4-5,7,9-11,16H,3,6,8,12-14H2,1-2H3,(H,21,23)/t16-/m1/s1. The van der Waals surface area contributed by atoms with Crippen LogP contribution < -0.4 is 5.32 Å². The molecule has 0 spiro atoms. The summed E-state index contributed by atoms with van der Waals surface area (Å²) in [5.74, 6) is 0.607. The summed E-state index contributed by atoms with van der Waals surface area (Å²) in [4.78, 5) is 23.1. The van der Waals surface area contributed by atoms with Gasteiger partial charge in [-0.3, -0.25) is 14.8 Å². The molecule has 1 aromatic heterocycles. The first-order valence-corrected chi connectivity index (χ1v) is 9.17. The Balaban J connectivity index is 1.67. The summed E-state index contributed by atoms with van der Waals surface area (Å²) in [6, 6.07) is 10.2. The van der Waals surface area contributed by atoms with Gasteiger partial charge in [-0.25, -0.2) is 0 Å². The van der Waals surface area contributed by atoms with Crippen molar-refractivity contribution >= 4 is 22.7 Å². The predicted molar refractivity (Wildman–Crippen MR) is 103 cm³/mol. The van der Waals surface area contributed by atoms with Gasteiger partial charge in [-0.05, 0) is 31.2 Å². The van der Waals surface area contributed by atoms with Gasteiger partial charge in [-0.2, -0.15) is 0 Å². The SMILES string of the molecule is CCOC(=O)[C@@H]1CCCN(C(=NC)NCc2nccc3ccccc23)C1. The van der Waals surface area contributed by atoms with Crippen molar-refractivity contribution < 1.29 is 9.53 Å². The second-order valence-corrected chi connectivity index (χ2v) is 6.42. The zero-order chi connectivity index (χ0) is 18.4. The number of hydrogen-bond acceptors (Lipinski definition) is 4. The van der Waals surface area contributed by atoms with Crippen molar-refractivity contribution in [1.29, 1.82) is 0 Å². The average Bonchev–Trinajstić information content (AvgIpc) is 2.69. The van der Waals surface area contributed by atoms with Crippen molar-refractivity contribution in [3.63, 3.8) is 0 Å². The molecule has 6 nitrogen and oxygen atoms in total. The zero-order valence-electron chi connectivity index (χ0n) is 15.4. The maximum Gasteiger partial charge on any atom is 0.310 e. The molecule has 3 rings (SSSR count). The number of aromatic nitrogens is 1. The largest absolute Gasteiger partial charge is 0.466 e. The zero-order valence-corrected chi connectivity index (χ0v) is 15.4. The molecular formula is C20H26N4O2. The minimum Gasteiger partial charge on any atom is -0.466 e. The highest BCUT2D eigenvalue weighted by Gasteiger charge is 2.28. The molecule has 138 valence electrons. The molecule has 1 saturated heterocycles. The second-order valence-electron chi connectivity index (χ2n) is 6.42. The molecule has 26 heavy (non-hydrogen) atoms. The number of esters is 1. The van der Waals surface area contributed by atoms with Gasteiger partial charge < -0.3 is 15.0 Å². The van der Waals surface area contributed by atoms with Gasteiger partial charge in [0.1, 0.15) is 0 Å². The third kappa shape index (κ3) is 4.12. The van der Waals surface area contributed by atoms with Crippen molar-refractivity contribution in [2.45, 2.75) is 26.3 Å². The van der Waals surface area contributed by atoms with Crippen LogP contribution in [0.1, 0.15) is 25.5 Å². The monoisotopic (exact) mass is 354 g/mol. The van der Waals surface area contributed by atoms with Crippen LogP contribution in [0.2, 0.25) is 0 Å². The van der Waals surface area contributed by atoms with Gasteiger partial charge in [0.05, 0.1) is 24.8 Å². The summed E-state index contributed by atoms with van der Waals surface area (Å²) >= 11 is 0. The number of aliphatic imine (C=N–C) groups is 1. The number of carbonyl (C=O) groups is 1. The Labute approximate surface area is 154 Å². The van der Waals surface area contributed by atoms with E-state index in [4.69, 9.17) is 4.74 Å². The Bertz CT molecular complexity index is 785. The predicted octanol–water partition coefficient (Wildman–Crippen LogP) is 2.59. The molecule has 1 fully saturated rings. The van der Waals surface area contributed by atoms with Crippen LogP contribution in [0.3, 0.4) is 0 Å². The maximum atomic E-state index is 12.1. The topological polar surface area (TPSA) is 66.8 Å². The van der Waals surface area contributed by atoms with E-state index in [0.29, 0.717) is 19.7 Å². The number of likely N-dealkylation sites (tertiary alicyclic amines) is 1. The Hall–Kier alpha value is -2.63. The molecule has 0 amide bonds. The molecule has 2 heterocycles. The van der Waals surface area contributed by atoms with E-state index >= 15 is 0 Å². The smallest absolute Gasteiger partial charge is 0.310 e. The number of guanidine groups is 1. The number of pyridine rings is 1.